The summed E-state index contributed by atoms with van der Waals surface area (Å²) < 4.78 is 5.25. The zero-order valence-electron chi connectivity index (χ0n) is 9.52. The fraction of sp³-hybridized carbons (Fsp3) is 0.0769. The number of allylic oxidation sites excluding steroid dienone is 2. The van der Waals surface area contributed by atoms with Crippen LogP contribution >= 0.6 is 0 Å². The van der Waals surface area contributed by atoms with Gasteiger partial charge in [-0.1, -0.05) is 18.2 Å². The fourth-order valence-electron chi connectivity index (χ4n) is 1.55. The molecular formula is C13H10N4O. The van der Waals surface area contributed by atoms with Crippen LogP contribution in [0.25, 0.3) is 11.0 Å². The third-order valence-corrected chi connectivity index (χ3v) is 2.39. The molecule has 0 atom stereocenters. The number of nitrogens with zero attached hydrogens (tertiary/aromatic N) is 4. The molecule has 0 spiro atoms. The minimum absolute atomic E-state index is 0.466. The van der Waals surface area contributed by atoms with Gasteiger partial charge in [0, 0.05) is 6.08 Å². The van der Waals surface area contributed by atoms with Gasteiger partial charge < -0.3 is 4.74 Å². The summed E-state index contributed by atoms with van der Waals surface area (Å²) in [6, 6.07) is 7.63. The minimum atomic E-state index is 0.466. The van der Waals surface area contributed by atoms with Crippen molar-refractivity contribution in [2.45, 2.75) is 0 Å². The standard InChI is InChI=1S/C13H10N4O/c1-2-6-11-10(5-1)14-9-12(15-11)16-17-13-7-3-4-8-18-13/h1-7,9H,8H2. The third-order valence-electron chi connectivity index (χ3n) is 2.39. The number of aromatic nitrogens is 2. The summed E-state index contributed by atoms with van der Waals surface area (Å²) in [5.74, 6) is 0.945. The van der Waals surface area contributed by atoms with Gasteiger partial charge in [0.2, 0.25) is 5.88 Å². The highest BCUT2D eigenvalue weighted by molar-refractivity contribution is 5.74. The van der Waals surface area contributed by atoms with Crippen LogP contribution in [0, 0.1) is 0 Å². The fourth-order valence-corrected chi connectivity index (χ4v) is 1.55. The van der Waals surface area contributed by atoms with Crippen molar-refractivity contribution in [2.24, 2.45) is 10.2 Å². The lowest BCUT2D eigenvalue weighted by Gasteiger charge is -2.04. The van der Waals surface area contributed by atoms with Crippen molar-refractivity contribution in [2.75, 3.05) is 6.61 Å². The molecule has 2 heterocycles. The first-order valence-electron chi connectivity index (χ1n) is 5.55. The molecule has 88 valence electrons. The number of benzene rings is 1. The molecule has 0 unspecified atom stereocenters. The van der Waals surface area contributed by atoms with Gasteiger partial charge in [0.15, 0.2) is 5.82 Å². The van der Waals surface area contributed by atoms with Crippen LogP contribution in [0.2, 0.25) is 0 Å². The van der Waals surface area contributed by atoms with Crippen molar-refractivity contribution in [1.29, 1.82) is 0 Å². The van der Waals surface area contributed by atoms with Gasteiger partial charge in [-0.3, -0.25) is 4.98 Å². The lowest BCUT2D eigenvalue weighted by atomic mass is 10.3. The van der Waals surface area contributed by atoms with Crippen LogP contribution in [-0.4, -0.2) is 16.6 Å². The quantitative estimate of drug-likeness (QED) is 0.755. The normalized spacial score (nSPS) is 14.8. The Balaban J connectivity index is 1.88. The second-order valence-corrected chi connectivity index (χ2v) is 3.66. The first-order valence-corrected chi connectivity index (χ1v) is 5.55. The van der Waals surface area contributed by atoms with Crippen LogP contribution in [0.1, 0.15) is 0 Å². The molecule has 1 aliphatic heterocycles. The van der Waals surface area contributed by atoms with E-state index in [0.717, 1.165) is 11.0 Å². The average molecular weight is 238 g/mol. The van der Waals surface area contributed by atoms with E-state index in [-0.39, 0.29) is 0 Å². The molecule has 1 aromatic carbocycles. The Morgan fingerprint density at radius 3 is 2.83 bits per heavy atom. The molecule has 0 N–H and O–H groups in total. The predicted molar refractivity (Wildman–Crippen MR) is 67.2 cm³/mol. The zero-order valence-corrected chi connectivity index (χ0v) is 9.52. The number of para-hydroxylation sites is 2. The molecule has 0 saturated carbocycles. The predicted octanol–water partition coefficient (Wildman–Crippen LogP) is 3.14. The Morgan fingerprint density at radius 2 is 2.00 bits per heavy atom. The molecule has 5 heteroatoms. The van der Waals surface area contributed by atoms with Gasteiger partial charge in [0.05, 0.1) is 17.2 Å². The number of azo groups is 1. The maximum Gasteiger partial charge on any atom is 0.233 e. The van der Waals surface area contributed by atoms with Crippen molar-refractivity contribution < 1.29 is 4.74 Å². The summed E-state index contributed by atoms with van der Waals surface area (Å²) in [6.45, 7) is 0.522. The summed E-state index contributed by atoms with van der Waals surface area (Å²) in [7, 11) is 0. The summed E-state index contributed by atoms with van der Waals surface area (Å²) in [6.07, 6.45) is 7.12. The van der Waals surface area contributed by atoms with E-state index in [1.165, 1.54) is 0 Å². The Bertz CT molecular complexity index is 661. The van der Waals surface area contributed by atoms with Gasteiger partial charge in [-0.2, -0.15) is 0 Å². The number of fused-ring (bicyclic) bond motifs is 1. The average Bonchev–Trinajstić information content (AvgIpc) is 2.46. The Morgan fingerprint density at radius 1 is 1.11 bits per heavy atom. The Hall–Kier alpha value is -2.56. The van der Waals surface area contributed by atoms with Crippen LogP contribution in [-0.2, 0) is 4.74 Å². The molecule has 0 fully saturated rings. The minimum Gasteiger partial charge on any atom is -0.472 e. The SMILES string of the molecule is C1=CCOC(N=Nc2cnc3ccccc3n2)=C1. The molecule has 18 heavy (non-hydrogen) atoms. The molecule has 0 aliphatic carbocycles. The van der Waals surface area contributed by atoms with Crippen molar-refractivity contribution in [1.82, 2.24) is 9.97 Å². The second-order valence-electron chi connectivity index (χ2n) is 3.66. The maximum atomic E-state index is 5.25. The van der Waals surface area contributed by atoms with Crippen molar-refractivity contribution in [3.05, 3.63) is 54.6 Å². The van der Waals surface area contributed by atoms with Gasteiger partial charge in [0.1, 0.15) is 6.61 Å². The monoisotopic (exact) mass is 238 g/mol. The molecule has 0 saturated heterocycles. The van der Waals surface area contributed by atoms with E-state index in [1.54, 1.807) is 12.3 Å². The van der Waals surface area contributed by atoms with Crippen molar-refractivity contribution in [3.8, 4) is 0 Å². The summed E-state index contributed by atoms with van der Waals surface area (Å²) >= 11 is 0. The van der Waals surface area contributed by atoms with Gasteiger partial charge in [-0.15, -0.1) is 10.2 Å². The van der Waals surface area contributed by atoms with Crippen LogP contribution in [0.4, 0.5) is 5.82 Å². The lowest BCUT2D eigenvalue weighted by molar-refractivity contribution is 0.238. The molecule has 0 amide bonds. The molecule has 1 aliphatic rings. The van der Waals surface area contributed by atoms with E-state index in [4.69, 9.17) is 4.74 Å². The molecule has 5 nitrogen and oxygen atoms in total. The molecular weight excluding hydrogens is 228 g/mol. The largest absolute Gasteiger partial charge is 0.472 e. The highest BCUT2D eigenvalue weighted by atomic mass is 16.5. The number of ether oxygens (including phenoxy) is 1. The third kappa shape index (κ3) is 2.24. The van der Waals surface area contributed by atoms with Crippen molar-refractivity contribution in [3.63, 3.8) is 0 Å². The second kappa shape index (κ2) is 4.75. The molecule has 3 rings (SSSR count). The highest BCUT2D eigenvalue weighted by Gasteiger charge is 2.00. The molecule has 1 aromatic heterocycles. The highest BCUT2D eigenvalue weighted by Crippen LogP contribution is 2.15. The number of hydrogen-bond donors (Lipinski definition) is 0. The van der Waals surface area contributed by atoms with Crippen molar-refractivity contribution >= 4 is 16.9 Å². The van der Waals surface area contributed by atoms with E-state index in [9.17, 15) is 0 Å². The molecule has 2 aromatic rings. The van der Waals surface area contributed by atoms with Gasteiger partial charge >= 0.3 is 0 Å². The van der Waals surface area contributed by atoms with Crippen LogP contribution in [0.15, 0.2) is 64.8 Å². The summed E-state index contributed by atoms with van der Waals surface area (Å²) in [5.41, 5.74) is 1.64. The summed E-state index contributed by atoms with van der Waals surface area (Å²) in [5, 5.41) is 7.97. The summed E-state index contributed by atoms with van der Waals surface area (Å²) in [4.78, 5) is 8.59. The maximum absolute atomic E-state index is 5.25. The van der Waals surface area contributed by atoms with Crippen LogP contribution in [0.3, 0.4) is 0 Å². The Kier molecular flexibility index (Phi) is 2.79. The zero-order chi connectivity index (χ0) is 12.2. The first-order chi connectivity index (χ1) is 8.92. The molecule has 0 radical (unpaired) electrons. The van der Waals surface area contributed by atoms with Gasteiger partial charge in [-0.25, -0.2) is 4.98 Å². The van der Waals surface area contributed by atoms with E-state index < -0.39 is 0 Å². The smallest absolute Gasteiger partial charge is 0.233 e. The molecule has 0 bridgehead atoms. The van der Waals surface area contributed by atoms with E-state index >= 15 is 0 Å². The number of rotatable bonds is 2. The van der Waals surface area contributed by atoms with E-state index in [0.29, 0.717) is 18.3 Å². The van der Waals surface area contributed by atoms with Crippen LogP contribution in [0.5, 0.6) is 0 Å². The lowest BCUT2D eigenvalue weighted by Crippen LogP contribution is -1.92. The van der Waals surface area contributed by atoms with E-state index in [1.807, 2.05) is 36.4 Å². The first kappa shape index (κ1) is 10.6. The topological polar surface area (TPSA) is 59.7 Å². The van der Waals surface area contributed by atoms with Gasteiger partial charge in [0.25, 0.3) is 0 Å². The Labute approximate surface area is 104 Å². The van der Waals surface area contributed by atoms with Crippen LogP contribution < -0.4 is 0 Å². The van der Waals surface area contributed by atoms with E-state index in [2.05, 4.69) is 20.2 Å². The number of hydrogen-bond acceptors (Lipinski definition) is 5. The van der Waals surface area contributed by atoms with Gasteiger partial charge in [-0.05, 0) is 18.2 Å².